The number of nitrogens with zero attached hydrogens (tertiary/aromatic N) is 3. The van der Waals surface area contributed by atoms with Gasteiger partial charge in [0, 0.05) is 49.7 Å². The number of hydrogen-bond acceptors (Lipinski definition) is 4. The van der Waals surface area contributed by atoms with Crippen LogP contribution in [0.2, 0.25) is 5.02 Å². The van der Waals surface area contributed by atoms with Crippen molar-refractivity contribution in [2.75, 3.05) is 37.7 Å². The van der Waals surface area contributed by atoms with Gasteiger partial charge in [0.05, 0.1) is 17.6 Å². The highest BCUT2D eigenvalue weighted by Gasteiger charge is 2.22. The molecule has 2 aliphatic rings. The smallest absolute Gasteiger partial charge is 0.226 e. The maximum Gasteiger partial charge on any atom is 0.226 e. The largest absolute Gasteiger partial charge is 0.493 e. The molecule has 1 N–H and O–H groups in total. The van der Waals surface area contributed by atoms with Crippen LogP contribution in [0.4, 0.5) is 5.69 Å². The van der Waals surface area contributed by atoms with Gasteiger partial charge in [-0.25, -0.2) is 4.98 Å². The van der Waals surface area contributed by atoms with Gasteiger partial charge in [-0.3, -0.25) is 4.79 Å². The average molecular weight is 527 g/mol. The number of carbonyl (C=O) groups is 1. The van der Waals surface area contributed by atoms with E-state index in [2.05, 4.69) is 63.4 Å². The number of halogens is 1. The zero-order valence-electron chi connectivity index (χ0n) is 21.5. The molecule has 2 aliphatic heterocycles. The molecule has 38 heavy (non-hydrogen) atoms. The molecule has 0 unspecified atom stereocenters. The van der Waals surface area contributed by atoms with Gasteiger partial charge in [-0.05, 0) is 72.5 Å². The summed E-state index contributed by atoms with van der Waals surface area (Å²) in [5.41, 5.74) is 7.71. The number of aromatic amines is 1. The van der Waals surface area contributed by atoms with Crippen molar-refractivity contribution in [3.05, 3.63) is 88.7 Å². The molecule has 1 saturated heterocycles. The summed E-state index contributed by atoms with van der Waals surface area (Å²) in [6, 6.07) is 20.6. The molecule has 6 rings (SSSR count). The number of carbonyl (C=O) groups excluding carboxylic acids is 1. The standard InChI is InChI=1S/C31H31ClN4O2/c1-21-33-28-9-7-24(19-29(28)34-21)23-8-10-30-25(18-23)6-5-22(11-16-38-30)17-31(37)36-14-12-35(13-15-36)27-4-2-3-26(32)20-27/h2-5,7-10,18-20H,6,11-17H2,1H3,(H,33,34)/b22-5+. The number of rotatable bonds is 4. The van der Waals surface area contributed by atoms with Crippen molar-refractivity contribution < 1.29 is 9.53 Å². The number of H-pyrrole nitrogens is 1. The molecule has 1 aromatic heterocycles. The summed E-state index contributed by atoms with van der Waals surface area (Å²) in [6.45, 7) is 5.62. The first kappa shape index (κ1) is 24.6. The van der Waals surface area contributed by atoms with Gasteiger partial charge in [-0.2, -0.15) is 0 Å². The summed E-state index contributed by atoms with van der Waals surface area (Å²) in [7, 11) is 0. The SMILES string of the molecule is Cc1nc2ccc(-c3ccc4c(c3)C/C=C(/CC(=O)N3CCN(c5cccc(Cl)c5)CC3)CCO4)cc2[nH]1. The monoisotopic (exact) mass is 526 g/mol. The molecular formula is C31H31ClN4O2. The predicted octanol–water partition coefficient (Wildman–Crippen LogP) is 6.18. The van der Waals surface area contributed by atoms with Gasteiger partial charge < -0.3 is 19.5 Å². The van der Waals surface area contributed by atoms with E-state index in [1.54, 1.807) is 0 Å². The number of nitrogens with one attached hydrogen (secondary N) is 1. The number of piperazine rings is 1. The number of imidazole rings is 1. The summed E-state index contributed by atoms with van der Waals surface area (Å²) in [4.78, 5) is 25.3. The number of aromatic nitrogens is 2. The number of fused-ring (bicyclic) bond motifs is 2. The number of hydrogen-bond donors (Lipinski definition) is 1. The Morgan fingerprint density at radius 1 is 1.03 bits per heavy atom. The van der Waals surface area contributed by atoms with Crippen LogP contribution in [0.3, 0.4) is 0 Å². The van der Waals surface area contributed by atoms with Gasteiger partial charge >= 0.3 is 0 Å². The number of amides is 1. The Morgan fingerprint density at radius 2 is 1.84 bits per heavy atom. The van der Waals surface area contributed by atoms with E-state index in [4.69, 9.17) is 16.3 Å². The maximum absolute atomic E-state index is 13.2. The molecule has 7 heteroatoms. The molecule has 1 fully saturated rings. The number of ether oxygens (including phenoxy) is 1. The van der Waals surface area contributed by atoms with Crippen LogP contribution >= 0.6 is 11.6 Å². The summed E-state index contributed by atoms with van der Waals surface area (Å²) < 4.78 is 6.12. The van der Waals surface area contributed by atoms with Gasteiger partial charge in [-0.15, -0.1) is 0 Å². The van der Waals surface area contributed by atoms with Crippen LogP contribution in [-0.4, -0.2) is 53.6 Å². The molecule has 3 aromatic carbocycles. The highest BCUT2D eigenvalue weighted by molar-refractivity contribution is 6.30. The van der Waals surface area contributed by atoms with Crippen LogP contribution in [0.1, 0.15) is 24.2 Å². The molecule has 3 heterocycles. The number of anilines is 1. The maximum atomic E-state index is 13.2. The third-order valence-electron chi connectivity index (χ3n) is 7.47. The van der Waals surface area contributed by atoms with Crippen LogP contribution in [0, 0.1) is 6.92 Å². The fraction of sp³-hybridized carbons (Fsp3) is 0.290. The highest BCUT2D eigenvalue weighted by atomic mass is 35.5. The Kier molecular flexibility index (Phi) is 6.81. The van der Waals surface area contributed by atoms with Gasteiger partial charge in [0.15, 0.2) is 0 Å². The van der Waals surface area contributed by atoms with E-state index in [0.717, 1.165) is 94.6 Å². The van der Waals surface area contributed by atoms with Crippen LogP contribution in [0.25, 0.3) is 22.2 Å². The van der Waals surface area contributed by atoms with Gasteiger partial charge in [0.1, 0.15) is 11.6 Å². The average Bonchev–Trinajstić information content (AvgIpc) is 3.30. The second kappa shape index (κ2) is 10.5. The normalized spacial score (nSPS) is 17.3. The Bertz CT molecular complexity index is 1520. The number of benzene rings is 3. The lowest BCUT2D eigenvalue weighted by atomic mass is 9.97. The second-order valence-corrected chi connectivity index (χ2v) is 10.5. The Labute approximate surface area is 227 Å². The lowest BCUT2D eigenvalue weighted by Gasteiger charge is -2.36. The van der Waals surface area contributed by atoms with E-state index in [0.29, 0.717) is 13.0 Å². The minimum atomic E-state index is 0.194. The van der Waals surface area contributed by atoms with Crippen molar-refractivity contribution in [1.82, 2.24) is 14.9 Å². The van der Waals surface area contributed by atoms with Crippen molar-refractivity contribution in [2.45, 2.75) is 26.2 Å². The molecule has 0 atom stereocenters. The van der Waals surface area contributed by atoms with Gasteiger partial charge in [0.25, 0.3) is 0 Å². The molecule has 0 saturated carbocycles. The van der Waals surface area contributed by atoms with Gasteiger partial charge in [-0.1, -0.05) is 41.4 Å². The lowest BCUT2D eigenvalue weighted by Crippen LogP contribution is -2.48. The Balaban J connectivity index is 1.12. The van der Waals surface area contributed by atoms with Crippen molar-refractivity contribution in [2.24, 2.45) is 0 Å². The van der Waals surface area contributed by atoms with E-state index in [-0.39, 0.29) is 5.91 Å². The van der Waals surface area contributed by atoms with Crippen LogP contribution < -0.4 is 9.64 Å². The minimum Gasteiger partial charge on any atom is -0.493 e. The fourth-order valence-electron chi connectivity index (χ4n) is 5.38. The first-order valence-electron chi connectivity index (χ1n) is 13.2. The van der Waals surface area contributed by atoms with Crippen LogP contribution in [-0.2, 0) is 11.2 Å². The van der Waals surface area contributed by atoms with E-state index in [1.165, 1.54) is 0 Å². The van der Waals surface area contributed by atoms with E-state index in [1.807, 2.05) is 30.0 Å². The lowest BCUT2D eigenvalue weighted by molar-refractivity contribution is -0.130. The van der Waals surface area contributed by atoms with Crippen molar-refractivity contribution in [1.29, 1.82) is 0 Å². The summed E-state index contributed by atoms with van der Waals surface area (Å²) in [6.07, 6.45) is 4.20. The molecule has 194 valence electrons. The third kappa shape index (κ3) is 5.27. The molecule has 0 spiro atoms. The first-order valence-corrected chi connectivity index (χ1v) is 13.6. The van der Waals surface area contributed by atoms with Crippen molar-refractivity contribution in [3.63, 3.8) is 0 Å². The van der Waals surface area contributed by atoms with E-state index in [9.17, 15) is 4.79 Å². The Hall–Kier alpha value is -3.77. The molecule has 0 aliphatic carbocycles. The molecular weight excluding hydrogens is 496 g/mol. The second-order valence-electron chi connectivity index (χ2n) is 10.1. The van der Waals surface area contributed by atoms with E-state index < -0.39 is 0 Å². The fourth-order valence-corrected chi connectivity index (χ4v) is 5.56. The van der Waals surface area contributed by atoms with Crippen LogP contribution in [0.5, 0.6) is 5.75 Å². The van der Waals surface area contributed by atoms with Crippen molar-refractivity contribution in [3.8, 4) is 16.9 Å². The minimum absolute atomic E-state index is 0.194. The molecule has 6 nitrogen and oxygen atoms in total. The Morgan fingerprint density at radius 3 is 2.68 bits per heavy atom. The van der Waals surface area contributed by atoms with Gasteiger partial charge in [0.2, 0.25) is 5.91 Å². The molecule has 1 amide bonds. The number of allylic oxidation sites excluding steroid dienone is 1. The zero-order chi connectivity index (χ0) is 26.1. The molecule has 0 radical (unpaired) electrons. The first-order chi connectivity index (χ1) is 18.5. The zero-order valence-corrected chi connectivity index (χ0v) is 22.3. The summed E-state index contributed by atoms with van der Waals surface area (Å²) in [5, 5.41) is 0.738. The molecule has 4 aromatic rings. The quantitative estimate of drug-likeness (QED) is 0.322. The van der Waals surface area contributed by atoms with Crippen molar-refractivity contribution >= 4 is 34.2 Å². The number of aryl methyl sites for hydroxylation is 1. The van der Waals surface area contributed by atoms with E-state index >= 15 is 0 Å². The topological polar surface area (TPSA) is 61.5 Å². The summed E-state index contributed by atoms with van der Waals surface area (Å²) >= 11 is 6.16. The predicted molar refractivity (Wildman–Crippen MR) is 153 cm³/mol. The highest BCUT2D eigenvalue weighted by Crippen LogP contribution is 2.31. The molecule has 0 bridgehead atoms. The van der Waals surface area contributed by atoms with Crippen LogP contribution in [0.15, 0.2) is 72.3 Å². The summed E-state index contributed by atoms with van der Waals surface area (Å²) in [5.74, 6) is 2.03. The third-order valence-corrected chi connectivity index (χ3v) is 7.70.